The Kier molecular flexibility index (Phi) is 4.52. The number of thiophene rings is 1. The van der Waals surface area contributed by atoms with Crippen LogP contribution in [0.3, 0.4) is 0 Å². The quantitative estimate of drug-likeness (QED) is 0.708. The Morgan fingerprint density at radius 1 is 0.963 bits per heavy atom. The molecule has 136 valence electrons. The first kappa shape index (κ1) is 17.1. The molecule has 27 heavy (non-hydrogen) atoms. The van der Waals surface area contributed by atoms with Crippen molar-refractivity contribution in [2.75, 3.05) is 17.4 Å². The largest absolute Gasteiger partial charge is 0.454 e. The predicted octanol–water partition coefficient (Wildman–Crippen LogP) is 4.29. The van der Waals surface area contributed by atoms with E-state index < -0.39 is 0 Å². The maximum absolute atomic E-state index is 12.7. The van der Waals surface area contributed by atoms with Crippen molar-refractivity contribution >= 4 is 34.5 Å². The normalized spacial score (nSPS) is 11.9. The average Bonchev–Trinajstić information content (AvgIpc) is 3.30. The third-order valence-electron chi connectivity index (χ3n) is 4.12. The summed E-state index contributed by atoms with van der Waals surface area (Å²) < 4.78 is 10.6. The molecule has 0 spiro atoms. The van der Waals surface area contributed by atoms with E-state index in [1.807, 2.05) is 18.4 Å². The average molecular weight is 380 g/mol. The lowest BCUT2D eigenvalue weighted by molar-refractivity contribution is 0.102. The lowest BCUT2D eigenvalue weighted by atomic mass is 10.1. The molecule has 6 nitrogen and oxygen atoms in total. The van der Waals surface area contributed by atoms with Gasteiger partial charge in [-0.1, -0.05) is 12.1 Å². The second-order valence-corrected chi connectivity index (χ2v) is 6.87. The van der Waals surface area contributed by atoms with Crippen molar-refractivity contribution in [3.63, 3.8) is 0 Å². The van der Waals surface area contributed by atoms with Crippen molar-refractivity contribution in [1.29, 1.82) is 0 Å². The van der Waals surface area contributed by atoms with Gasteiger partial charge in [0.1, 0.15) is 0 Å². The van der Waals surface area contributed by atoms with E-state index in [-0.39, 0.29) is 18.6 Å². The molecule has 0 bridgehead atoms. The van der Waals surface area contributed by atoms with Crippen LogP contribution in [0.25, 0.3) is 0 Å². The molecule has 3 aromatic rings. The number of hydrogen-bond acceptors (Lipinski definition) is 5. The Morgan fingerprint density at radius 2 is 1.78 bits per heavy atom. The van der Waals surface area contributed by atoms with Gasteiger partial charge in [0.25, 0.3) is 11.8 Å². The first-order valence-corrected chi connectivity index (χ1v) is 9.15. The van der Waals surface area contributed by atoms with Gasteiger partial charge in [0, 0.05) is 11.8 Å². The number of anilines is 2. The molecule has 4 rings (SSSR count). The summed E-state index contributed by atoms with van der Waals surface area (Å²) >= 11 is 1.37. The molecule has 1 aromatic heterocycles. The number of carbonyl (C=O) groups is 2. The standard InChI is InChI=1S/C20H16N2O4S/c1-12-8-9-27-18(12)20(24)22-15-5-3-2-4-14(15)19(23)21-13-6-7-16-17(10-13)26-11-25-16/h2-10H,11H2,1H3,(H,21,23)(H,22,24). The number of fused-ring (bicyclic) bond motifs is 1. The van der Waals surface area contributed by atoms with Crippen molar-refractivity contribution < 1.29 is 19.1 Å². The van der Waals surface area contributed by atoms with E-state index in [9.17, 15) is 9.59 Å². The Labute approximate surface area is 159 Å². The minimum atomic E-state index is -0.326. The second kappa shape index (κ2) is 7.13. The van der Waals surface area contributed by atoms with E-state index in [0.717, 1.165) is 5.56 Å². The van der Waals surface area contributed by atoms with Crippen LogP contribution in [-0.4, -0.2) is 18.6 Å². The van der Waals surface area contributed by atoms with Gasteiger partial charge in [0.05, 0.1) is 16.1 Å². The molecule has 0 fully saturated rings. The summed E-state index contributed by atoms with van der Waals surface area (Å²) in [5, 5.41) is 7.52. The fourth-order valence-corrected chi connectivity index (χ4v) is 3.57. The molecule has 2 amide bonds. The number of carbonyl (C=O) groups excluding carboxylic acids is 2. The van der Waals surface area contributed by atoms with Crippen LogP contribution in [0, 0.1) is 6.92 Å². The molecule has 2 N–H and O–H groups in total. The lowest BCUT2D eigenvalue weighted by Crippen LogP contribution is -2.18. The summed E-state index contributed by atoms with van der Waals surface area (Å²) in [4.78, 5) is 25.9. The van der Waals surface area contributed by atoms with E-state index in [2.05, 4.69) is 10.6 Å². The van der Waals surface area contributed by atoms with Gasteiger partial charge in [-0.3, -0.25) is 9.59 Å². The van der Waals surface area contributed by atoms with Crippen molar-refractivity contribution in [3.8, 4) is 11.5 Å². The Hall–Kier alpha value is -3.32. The summed E-state index contributed by atoms with van der Waals surface area (Å²) in [6.07, 6.45) is 0. The van der Waals surface area contributed by atoms with Gasteiger partial charge in [0.15, 0.2) is 11.5 Å². The number of aryl methyl sites for hydroxylation is 1. The molecule has 1 aliphatic heterocycles. The SMILES string of the molecule is Cc1ccsc1C(=O)Nc1ccccc1C(=O)Nc1ccc2c(c1)OCO2. The van der Waals surface area contributed by atoms with Crippen LogP contribution in [0.1, 0.15) is 25.6 Å². The highest BCUT2D eigenvalue weighted by molar-refractivity contribution is 7.12. The van der Waals surface area contributed by atoms with Crippen molar-refractivity contribution in [2.24, 2.45) is 0 Å². The first-order valence-electron chi connectivity index (χ1n) is 8.27. The van der Waals surface area contributed by atoms with Gasteiger partial charge in [-0.25, -0.2) is 0 Å². The predicted molar refractivity (Wildman–Crippen MR) is 104 cm³/mol. The molecular formula is C20H16N2O4S. The molecule has 0 radical (unpaired) electrons. The zero-order valence-corrected chi connectivity index (χ0v) is 15.3. The summed E-state index contributed by atoms with van der Waals surface area (Å²) in [6, 6.07) is 14.0. The van der Waals surface area contributed by atoms with E-state index in [1.54, 1.807) is 42.5 Å². The van der Waals surface area contributed by atoms with E-state index in [1.165, 1.54) is 11.3 Å². The number of nitrogens with one attached hydrogen (secondary N) is 2. The topological polar surface area (TPSA) is 76.7 Å². The third-order valence-corrected chi connectivity index (χ3v) is 5.13. The fourth-order valence-electron chi connectivity index (χ4n) is 2.75. The van der Waals surface area contributed by atoms with Gasteiger partial charge in [0.2, 0.25) is 6.79 Å². The van der Waals surface area contributed by atoms with Crippen LogP contribution in [0.5, 0.6) is 11.5 Å². The number of ether oxygens (including phenoxy) is 2. The van der Waals surface area contributed by atoms with Crippen LogP contribution in [0.15, 0.2) is 53.9 Å². The smallest absolute Gasteiger partial charge is 0.266 e. The number of amides is 2. The van der Waals surface area contributed by atoms with Crippen LogP contribution in [0.2, 0.25) is 0 Å². The van der Waals surface area contributed by atoms with E-state index >= 15 is 0 Å². The highest BCUT2D eigenvalue weighted by Crippen LogP contribution is 2.34. The van der Waals surface area contributed by atoms with Gasteiger partial charge in [-0.15, -0.1) is 11.3 Å². The minimum Gasteiger partial charge on any atom is -0.454 e. The van der Waals surface area contributed by atoms with Crippen molar-refractivity contribution in [2.45, 2.75) is 6.92 Å². The summed E-state index contributed by atoms with van der Waals surface area (Å²) in [5.41, 5.74) is 2.31. The molecule has 0 saturated carbocycles. The third kappa shape index (κ3) is 3.50. The first-order chi connectivity index (χ1) is 13.1. The highest BCUT2D eigenvalue weighted by atomic mass is 32.1. The maximum atomic E-state index is 12.7. The van der Waals surface area contributed by atoms with Crippen molar-refractivity contribution in [3.05, 3.63) is 69.9 Å². The molecule has 0 saturated heterocycles. The number of benzene rings is 2. The van der Waals surface area contributed by atoms with E-state index in [4.69, 9.17) is 9.47 Å². The zero-order chi connectivity index (χ0) is 18.8. The summed E-state index contributed by atoms with van der Waals surface area (Å²) in [6.45, 7) is 2.05. The van der Waals surface area contributed by atoms with Crippen LogP contribution in [-0.2, 0) is 0 Å². The maximum Gasteiger partial charge on any atom is 0.266 e. The molecular weight excluding hydrogens is 364 g/mol. The monoisotopic (exact) mass is 380 g/mol. The summed E-state index contributed by atoms with van der Waals surface area (Å²) in [7, 11) is 0. The molecule has 7 heteroatoms. The summed E-state index contributed by atoms with van der Waals surface area (Å²) in [5.74, 6) is 0.674. The van der Waals surface area contributed by atoms with Crippen molar-refractivity contribution in [1.82, 2.24) is 0 Å². The molecule has 0 atom stereocenters. The van der Waals surface area contributed by atoms with Crippen LogP contribution in [0.4, 0.5) is 11.4 Å². The van der Waals surface area contributed by atoms with Crippen LogP contribution < -0.4 is 20.1 Å². The number of para-hydroxylation sites is 1. The highest BCUT2D eigenvalue weighted by Gasteiger charge is 2.18. The molecule has 1 aliphatic rings. The van der Waals surface area contributed by atoms with Gasteiger partial charge in [-0.2, -0.15) is 0 Å². The Balaban J connectivity index is 1.54. The Morgan fingerprint density at radius 3 is 2.59 bits per heavy atom. The molecule has 0 aliphatic carbocycles. The van der Waals surface area contributed by atoms with Gasteiger partial charge >= 0.3 is 0 Å². The van der Waals surface area contributed by atoms with Crippen LogP contribution >= 0.6 is 11.3 Å². The fraction of sp³-hybridized carbons (Fsp3) is 0.100. The molecule has 0 unspecified atom stereocenters. The molecule has 2 heterocycles. The van der Waals surface area contributed by atoms with E-state index in [0.29, 0.717) is 33.3 Å². The number of rotatable bonds is 4. The molecule has 2 aromatic carbocycles. The zero-order valence-electron chi connectivity index (χ0n) is 14.4. The van der Waals surface area contributed by atoms with Gasteiger partial charge < -0.3 is 20.1 Å². The lowest BCUT2D eigenvalue weighted by Gasteiger charge is -2.11. The minimum absolute atomic E-state index is 0.170. The Bertz CT molecular complexity index is 1030. The van der Waals surface area contributed by atoms with Gasteiger partial charge in [-0.05, 0) is 48.2 Å². The number of hydrogen-bond donors (Lipinski definition) is 2. The second-order valence-electron chi connectivity index (χ2n) is 5.95.